The van der Waals surface area contributed by atoms with Crippen LogP contribution in [-0.4, -0.2) is 50.5 Å². The van der Waals surface area contributed by atoms with E-state index in [0.717, 1.165) is 40.7 Å². The van der Waals surface area contributed by atoms with Crippen LogP contribution >= 0.6 is 0 Å². The zero-order valence-corrected chi connectivity index (χ0v) is 22.5. The third kappa shape index (κ3) is 6.62. The van der Waals surface area contributed by atoms with Gasteiger partial charge < -0.3 is 10.1 Å². The predicted molar refractivity (Wildman–Crippen MR) is 151 cm³/mol. The van der Waals surface area contributed by atoms with Crippen molar-refractivity contribution in [2.75, 3.05) is 13.1 Å². The van der Waals surface area contributed by atoms with Crippen LogP contribution in [0.2, 0.25) is 0 Å². The van der Waals surface area contributed by atoms with E-state index in [1.165, 1.54) is 0 Å². The lowest BCUT2D eigenvalue weighted by molar-refractivity contribution is -0.131. The lowest BCUT2D eigenvalue weighted by atomic mass is 9.84. The molecule has 4 aromatic rings. The Hall–Kier alpha value is -4.34. The molecule has 0 radical (unpaired) electrons. The molecule has 1 atom stereocenters. The smallest absolute Gasteiger partial charge is 0.251 e. The standard InChI is InChI=1S/C31H33N5O4/c1-22-16-25(27-7-2-3-8-28(27)33-22)20-40-26-11-9-24(10-12-26)30(38)34-31(17-29(37)35-39)13-5-15-36(21-31)19-23-6-4-14-32-18-23/h2-4,6-12,14,16,18,39H,5,13,15,17,19-21H2,1H3,(H,34,38)(H,35,37)/t31-/m1/s1. The van der Waals surface area contributed by atoms with Gasteiger partial charge in [0, 0.05) is 47.7 Å². The number of fused-ring (bicyclic) bond motifs is 1. The number of aryl methyl sites for hydroxylation is 1. The van der Waals surface area contributed by atoms with Gasteiger partial charge in [-0.2, -0.15) is 0 Å². The van der Waals surface area contributed by atoms with E-state index in [0.29, 0.717) is 37.4 Å². The van der Waals surface area contributed by atoms with Crippen molar-refractivity contribution >= 4 is 22.7 Å². The second-order valence-corrected chi connectivity index (χ2v) is 10.4. The highest BCUT2D eigenvalue weighted by Crippen LogP contribution is 2.27. The number of para-hydroxylation sites is 1. The van der Waals surface area contributed by atoms with Crippen LogP contribution in [0.1, 0.15) is 46.4 Å². The Kier molecular flexibility index (Phi) is 8.33. The van der Waals surface area contributed by atoms with Gasteiger partial charge in [-0.15, -0.1) is 0 Å². The number of amides is 2. The highest BCUT2D eigenvalue weighted by molar-refractivity contribution is 5.95. The molecule has 1 saturated heterocycles. The Morgan fingerprint density at radius 2 is 1.93 bits per heavy atom. The van der Waals surface area contributed by atoms with Crippen molar-refractivity contribution < 1.29 is 19.5 Å². The maximum atomic E-state index is 13.3. The fourth-order valence-corrected chi connectivity index (χ4v) is 5.44. The predicted octanol–water partition coefficient (Wildman–Crippen LogP) is 4.18. The van der Waals surface area contributed by atoms with Crippen LogP contribution in [0.3, 0.4) is 0 Å². The highest BCUT2D eigenvalue weighted by atomic mass is 16.5. The molecule has 0 spiro atoms. The summed E-state index contributed by atoms with van der Waals surface area (Å²) >= 11 is 0. The molecule has 3 N–H and O–H groups in total. The molecule has 2 aromatic heterocycles. The van der Waals surface area contributed by atoms with Gasteiger partial charge in [-0.1, -0.05) is 24.3 Å². The molecule has 0 unspecified atom stereocenters. The second-order valence-electron chi connectivity index (χ2n) is 10.4. The van der Waals surface area contributed by atoms with Gasteiger partial charge in [0.25, 0.3) is 5.91 Å². The number of carbonyl (C=O) groups is 2. The molecule has 206 valence electrons. The second kappa shape index (κ2) is 12.2. The molecule has 5 rings (SSSR count). The summed E-state index contributed by atoms with van der Waals surface area (Å²) in [6.07, 6.45) is 4.94. The first-order valence-electron chi connectivity index (χ1n) is 13.4. The first-order valence-corrected chi connectivity index (χ1v) is 13.4. The van der Waals surface area contributed by atoms with Crippen molar-refractivity contribution in [2.24, 2.45) is 0 Å². The number of ether oxygens (including phenoxy) is 1. The molecule has 2 aromatic carbocycles. The minimum atomic E-state index is -0.820. The van der Waals surface area contributed by atoms with Crippen LogP contribution in [0.4, 0.5) is 0 Å². The fourth-order valence-electron chi connectivity index (χ4n) is 5.44. The van der Waals surface area contributed by atoms with Gasteiger partial charge in [-0.05, 0) is 74.3 Å². The number of benzene rings is 2. The quantitative estimate of drug-likeness (QED) is 0.216. The van der Waals surface area contributed by atoms with E-state index in [4.69, 9.17) is 4.74 Å². The summed E-state index contributed by atoms with van der Waals surface area (Å²) in [6, 6.07) is 20.9. The van der Waals surface area contributed by atoms with Crippen LogP contribution in [0, 0.1) is 6.92 Å². The molecule has 40 heavy (non-hydrogen) atoms. The Labute approximate surface area is 233 Å². The molecule has 1 aliphatic heterocycles. The van der Waals surface area contributed by atoms with Gasteiger partial charge in [-0.25, -0.2) is 5.48 Å². The maximum absolute atomic E-state index is 13.3. The van der Waals surface area contributed by atoms with Gasteiger partial charge in [0.05, 0.1) is 17.5 Å². The summed E-state index contributed by atoms with van der Waals surface area (Å²) in [6.45, 7) is 4.31. The van der Waals surface area contributed by atoms with Gasteiger partial charge in [-0.3, -0.25) is 29.7 Å². The van der Waals surface area contributed by atoms with Crippen molar-refractivity contribution in [3.63, 3.8) is 0 Å². The number of hydrogen-bond donors (Lipinski definition) is 3. The van der Waals surface area contributed by atoms with E-state index in [1.807, 2.05) is 55.6 Å². The van der Waals surface area contributed by atoms with E-state index < -0.39 is 11.4 Å². The number of carbonyl (C=O) groups excluding carboxylic acids is 2. The van der Waals surface area contributed by atoms with Crippen LogP contribution in [0.25, 0.3) is 10.9 Å². The monoisotopic (exact) mass is 539 g/mol. The van der Waals surface area contributed by atoms with E-state index in [-0.39, 0.29) is 12.3 Å². The first-order chi connectivity index (χ1) is 19.4. The minimum absolute atomic E-state index is 0.0285. The largest absolute Gasteiger partial charge is 0.489 e. The SMILES string of the molecule is Cc1cc(COc2ccc(C(=O)N[C@@]3(CC(=O)NO)CCCN(Cc4cccnc4)C3)cc2)c2ccccc2n1. The van der Waals surface area contributed by atoms with Crippen molar-refractivity contribution in [3.05, 3.63) is 102 Å². The summed E-state index contributed by atoms with van der Waals surface area (Å²) in [5.74, 6) is -0.174. The Morgan fingerprint density at radius 1 is 1.10 bits per heavy atom. The molecule has 0 bridgehead atoms. The number of nitrogens with one attached hydrogen (secondary N) is 2. The summed E-state index contributed by atoms with van der Waals surface area (Å²) in [5.41, 5.74) is 5.32. The average molecular weight is 540 g/mol. The Morgan fingerprint density at radius 3 is 2.70 bits per heavy atom. The normalized spacial score (nSPS) is 17.4. The number of nitrogens with zero attached hydrogens (tertiary/aromatic N) is 3. The summed E-state index contributed by atoms with van der Waals surface area (Å²) in [5, 5.41) is 13.4. The third-order valence-corrected chi connectivity index (χ3v) is 7.23. The molecule has 3 heterocycles. The number of hydroxylamine groups is 1. The van der Waals surface area contributed by atoms with E-state index in [9.17, 15) is 14.8 Å². The van der Waals surface area contributed by atoms with Gasteiger partial charge in [0.15, 0.2) is 0 Å². The number of hydrogen-bond acceptors (Lipinski definition) is 7. The van der Waals surface area contributed by atoms with Crippen molar-refractivity contribution in [1.29, 1.82) is 0 Å². The van der Waals surface area contributed by atoms with Crippen LogP contribution in [0.15, 0.2) is 79.1 Å². The Bertz CT molecular complexity index is 1480. The van der Waals surface area contributed by atoms with Crippen molar-refractivity contribution in [3.8, 4) is 5.75 Å². The Balaban J connectivity index is 1.26. The molecular weight excluding hydrogens is 506 g/mol. The topological polar surface area (TPSA) is 117 Å². The van der Waals surface area contributed by atoms with E-state index >= 15 is 0 Å². The van der Waals surface area contributed by atoms with Gasteiger partial charge in [0.2, 0.25) is 5.91 Å². The third-order valence-electron chi connectivity index (χ3n) is 7.23. The average Bonchev–Trinajstić information content (AvgIpc) is 2.96. The molecule has 9 nitrogen and oxygen atoms in total. The molecule has 1 aliphatic rings. The zero-order valence-electron chi connectivity index (χ0n) is 22.5. The van der Waals surface area contributed by atoms with Crippen molar-refractivity contribution in [2.45, 2.75) is 44.9 Å². The molecule has 0 saturated carbocycles. The van der Waals surface area contributed by atoms with Gasteiger partial charge in [0.1, 0.15) is 12.4 Å². The molecule has 9 heteroatoms. The number of rotatable bonds is 9. The fraction of sp³-hybridized carbons (Fsp3) is 0.290. The zero-order chi connectivity index (χ0) is 28.0. The molecular formula is C31H33N5O4. The summed E-state index contributed by atoms with van der Waals surface area (Å²) in [7, 11) is 0. The molecule has 1 fully saturated rings. The molecule has 2 amide bonds. The minimum Gasteiger partial charge on any atom is -0.489 e. The summed E-state index contributed by atoms with van der Waals surface area (Å²) < 4.78 is 6.05. The van der Waals surface area contributed by atoms with E-state index in [2.05, 4.69) is 20.2 Å². The number of aromatic nitrogens is 2. The highest BCUT2D eigenvalue weighted by Gasteiger charge is 2.39. The number of pyridine rings is 2. The van der Waals surface area contributed by atoms with Gasteiger partial charge >= 0.3 is 0 Å². The number of piperidine rings is 1. The van der Waals surface area contributed by atoms with E-state index in [1.54, 1.807) is 35.9 Å². The van der Waals surface area contributed by atoms with Crippen LogP contribution in [0.5, 0.6) is 5.75 Å². The lowest BCUT2D eigenvalue weighted by Crippen LogP contribution is -2.60. The number of likely N-dealkylation sites (tertiary alicyclic amines) is 1. The lowest BCUT2D eigenvalue weighted by Gasteiger charge is -2.43. The molecule has 0 aliphatic carbocycles. The van der Waals surface area contributed by atoms with Crippen LogP contribution < -0.4 is 15.5 Å². The summed E-state index contributed by atoms with van der Waals surface area (Å²) in [4.78, 5) is 36.6. The first kappa shape index (κ1) is 27.2. The van der Waals surface area contributed by atoms with Crippen LogP contribution in [-0.2, 0) is 17.9 Å². The van der Waals surface area contributed by atoms with Crippen molar-refractivity contribution in [1.82, 2.24) is 25.7 Å². The maximum Gasteiger partial charge on any atom is 0.251 e.